The minimum absolute atomic E-state index is 0.0294. The lowest BCUT2D eigenvalue weighted by Gasteiger charge is -2.34. The normalized spacial score (nSPS) is 19.7. The summed E-state index contributed by atoms with van der Waals surface area (Å²) < 4.78 is 13.1. The largest absolute Gasteiger partial charge is 0.338 e. The highest BCUT2D eigenvalue weighted by atomic mass is 19.1. The minimum atomic E-state index is -0.201. The number of halogens is 1. The van der Waals surface area contributed by atoms with E-state index < -0.39 is 0 Å². The first-order valence-electron chi connectivity index (χ1n) is 8.52. The van der Waals surface area contributed by atoms with Crippen molar-refractivity contribution in [3.05, 3.63) is 35.6 Å². The molecule has 1 aliphatic rings. The van der Waals surface area contributed by atoms with E-state index in [1.807, 2.05) is 24.0 Å². The zero-order valence-electron chi connectivity index (χ0n) is 14.4. The van der Waals surface area contributed by atoms with Crippen LogP contribution in [0.1, 0.15) is 32.8 Å². The molecule has 23 heavy (non-hydrogen) atoms. The molecule has 0 radical (unpaired) electrons. The van der Waals surface area contributed by atoms with Gasteiger partial charge in [-0.05, 0) is 37.0 Å². The van der Waals surface area contributed by atoms with Gasteiger partial charge in [0.25, 0.3) is 0 Å². The third-order valence-corrected chi connectivity index (χ3v) is 4.43. The second kappa shape index (κ2) is 8.29. The minimum Gasteiger partial charge on any atom is -0.338 e. The fourth-order valence-corrected chi connectivity index (χ4v) is 3.16. The number of urea groups is 1. The molecule has 0 spiro atoms. The zero-order chi connectivity index (χ0) is 16.8. The lowest BCUT2D eigenvalue weighted by atomic mass is 10.0. The number of nitrogens with one attached hydrogen (secondary N) is 1. The Morgan fingerprint density at radius 1 is 1.30 bits per heavy atom. The molecule has 0 aliphatic carbocycles. The predicted molar refractivity (Wildman–Crippen MR) is 90.7 cm³/mol. The Morgan fingerprint density at radius 2 is 2.00 bits per heavy atom. The van der Waals surface area contributed by atoms with Crippen molar-refractivity contribution in [1.82, 2.24) is 15.1 Å². The Hall–Kier alpha value is -1.62. The summed E-state index contributed by atoms with van der Waals surface area (Å²) in [4.78, 5) is 16.5. The maximum absolute atomic E-state index is 13.1. The monoisotopic (exact) mass is 321 g/mol. The molecule has 1 aliphatic heterocycles. The molecule has 128 valence electrons. The SMILES string of the molecule is CCNC(=O)N1CCCN(Cc2ccc(F)cc2)[C@@H](C(C)C)C1. The summed E-state index contributed by atoms with van der Waals surface area (Å²) in [5.74, 6) is 0.248. The van der Waals surface area contributed by atoms with Crippen LogP contribution in [-0.2, 0) is 6.54 Å². The molecule has 1 saturated heterocycles. The van der Waals surface area contributed by atoms with Gasteiger partial charge in [-0.3, -0.25) is 4.90 Å². The highest BCUT2D eigenvalue weighted by Crippen LogP contribution is 2.20. The zero-order valence-corrected chi connectivity index (χ0v) is 14.4. The third-order valence-electron chi connectivity index (χ3n) is 4.43. The molecule has 5 heteroatoms. The summed E-state index contributed by atoms with van der Waals surface area (Å²) >= 11 is 0. The van der Waals surface area contributed by atoms with Crippen LogP contribution in [0.2, 0.25) is 0 Å². The van der Waals surface area contributed by atoms with Crippen LogP contribution >= 0.6 is 0 Å². The Labute approximate surface area is 138 Å². The molecule has 1 aromatic carbocycles. The summed E-state index contributed by atoms with van der Waals surface area (Å²) in [6.45, 7) is 10.3. The topological polar surface area (TPSA) is 35.6 Å². The fraction of sp³-hybridized carbons (Fsp3) is 0.611. The van der Waals surface area contributed by atoms with Crippen LogP contribution in [0.5, 0.6) is 0 Å². The summed E-state index contributed by atoms with van der Waals surface area (Å²) in [5, 5.41) is 2.90. The standard InChI is InChI=1S/C18H28FN3O/c1-4-20-18(23)22-11-5-10-21(17(13-22)14(2)3)12-15-6-8-16(19)9-7-15/h6-9,14,17H,4-5,10-13H2,1-3H3,(H,20,23)/t17-/m1/s1. The van der Waals surface area contributed by atoms with Gasteiger partial charge in [-0.25, -0.2) is 9.18 Å². The van der Waals surface area contributed by atoms with Crippen LogP contribution in [0, 0.1) is 11.7 Å². The van der Waals surface area contributed by atoms with Crippen LogP contribution < -0.4 is 5.32 Å². The number of carbonyl (C=O) groups excluding carboxylic acids is 1. The lowest BCUT2D eigenvalue weighted by molar-refractivity contribution is 0.135. The van der Waals surface area contributed by atoms with Gasteiger partial charge in [0.2, 0.25) is 0 Å². The quantitative estimate of drug-likeness (QED) is 0.925. The number of nitrogens with zero attached hydrogens (tertiary/aromatic N) is 2. The number of hydrogen-bond donors (Lipinski definition) is 1. The second-order valence-electron chi connectivity index (χ2n) is 6.54. The van der Waals surface area contributed by atoms with E-state index in [4.69, 9.17) is 0 Å². The van der Waals surface area contributed by atoms with E-state index in [1.54, 1.807) is 0 Å². The van der Waals surface area contributed by atoms with Crippen molar-refractivity contribution < 1.29 is 9.18 Å². The molecule has 1 heterocycles. The third kappa shape index (κ3) is 4.93. The maximum Gasteiger partial charge on any atom is 0.317 e. The van der Waals surface area contributed by atoms with Gasteiger partial charge < -0.3 is 10.2 Å². The van der Waals surface area contributed by atoms with Crippen LogP contribution in [0.15, 0.2) is 24.3 Å². The van der Waals surface area contributed by atoms with E-state index in [0.717, 1.165) is 38.2 Å². The number of hydrogen-bond acceptors (Lipinski definition) is 2. The summed E-state index contributed by atoms with van der Waals surface area (Å²) in [6, 6.07) is 7.06. The average Bonchev–Trinajstić information content (AvgIpc) is 2.72. The Balaban J connectivity index is 2.09. The first kappa shape index (κ1) is 17.7. The van der Waals surface area contributed by atoms with Gasteiger partial charge in [0.05, 0.1) is 0 Å². The summed E-state index contributed by atoms with van der Waals surface area (Å²) in [5.41, 5.74) is 1.11. The van der Waals surface area contributed by atoms with Crippen molar-refractivity contribution in [3.8, 4) is 0 Å². The molecule has 1 aromatic rings. The van der Waals surface area contributed by atoms with Crippen LogP contribution in [0.3, 0.4) is 0 Å². The van der Waals surface area contributed by atoms with E-state index in [-0.39, 0.29) is 11.8 Å². The van der Waals surface area contributed by atoms with Crippen molar-refractivity contribution >= 4 is 6.03 Å². The van der Waals surface area contributed by atoms with E-state index in [1.165, 1.54) is 12.1 Å². The highest BCUT2D eigenvalue weighted by molar-refractivity contribution is 5.74. The van der Waals surface area contributed by atoms with E-state index >= 15 is 0 Å². The van der Waals surface area contributed by atoms with Crippen LogP contribution in [-0.4, -0.2) is 48.1 Å². The van der Waals surface area contributed by atoms with Gasteiger partial charge >= 0.3 is 6.03 Å². The van der Waals surface area contributed by atoms with Gasteiger partial charge in [-0.1, -0.05) is 26.0 Å². The molecule has 1 fully saturated rings. The number of carbonyl (C=O) groups is 1. The van der Waals surface area contributed by atoms with Crippen molar-refractivity contribution in [3.63, 3.8) is 0 Å². The molecule has 2 rings (SSSR count). The first-order valence-corrected chi connectivity index (χ1v) is 8.52. The van der Waals surface area contributed by atoms with Crippen molar-refractivity contribution in [2.24, 2.45) is 5.92 Å². The summed E-state index contributed by atoms with van der Waals surface area (Å²) in [6.07, 6.45) is 0.960. The molecule has 0 saturated carbocycles. The second-order valence-corrected chi connectivity index (χ2v) is 6.54. The van der Waals surface area contributed by atoms with Gasteiger partial charge in [0, 0.05) is 38.8 Å². The number of rotatable bonds is 4. The van der Waals surface area contributed by atoms with E-state index in [2.05, 4.69) is 24.1 Å². The maximum atomic E-state index is 13.1. The molecule has 2 amide bonds. The van der Waals surface area contributed by atoms with Gasteiger partial charge in [-0.15, -0.1) is 0 Å². The first-order chi connectivity index (χ1) is 11.0. The predicted octanol–water partition coefficient (Wildman–Crippen LogP) is 3.09. The van der Waals surface area contributed by atoms with Gasteiger partial charge in [0.15, 0.2) is 0 Å². The molecule has 0 bridgehead atoms. The Morgan fingerprint density at radius 3 is 2.61 bits per heavy atom. The highest BCUT2D eigenvalue weighted by Gasteiger charge is 2.29. The van der Waals surface area contributed by atoms with Crippen molar-refractivity contribution in [1.29, 1.82) is 0 Å². The molecule has 1 N–H and O–H groups in total. The molecular weight excluding hydrogens is 293 g/mol. The number of benzene rings is 1. The average molecular weight is 321 g/mol. The molecule has 4 nitrogen and oxygen atoms in total. The fourth-order valence-electron chi connectivity index (χ4n) is 3.16. The van der Waals surface area contributed by atoms with Gasteiger partial charge in [-0.2, -0.15) is 0 Å². The molecular formula is C18H28FN3O. The number of amides is 2. The Kier molecular flexibility index (Phi) is 6.39. The van der Waals surface area contributed by atoms with Gasteiger partial charge in [0.1, 0.15) is 5.82 Å². The lowest BCUT2D eigenvalue weighted by Crippen LogP contribution is -2.48. The summed E-state index contributed by atoms with van der Waals surface area (Å²) in [7, 11) is 0. The molecule has 0 unspecified atom stereocenters. The Bertz CT molecular complexity index is 503. The van der Waals surface area contributed by atoms with Crippen molar-refractivity contribution in [2.75, 3.05) is 26.2 Å². The van der Waals surface area contributed by atoms with Crippen LogP contribution in [0.4, 0.5) is 9.18 Å². The smallest absolute Gasteiger partial charge is 0.317 e. The van der Waals surface area contributed by atoms with E-state index in [0.29, 0.717) is 18.5 Å². The van der Waals surface area contributed by atoms with Crippen LogP contribution in [0.25, 0.3) is 0 Å². The molecule has 0 aromatic heterocycles. The van der Waals surface area contributed by atoms with E-state index in [9.17, 15) is 9.18 Å². The van der Waals surface area contributed by atoms with Crippen molar-refractivity contribution in [2.45, 2.75) is 39.8 Å². The molecule has 1 atom stereocenters.